The fraction of sp³-hybridized carbons (Fsp3) is 0.346. The molecule has 176 valence electrons. The minimum absolute atomic E-state index is 0.213. The van der Waals surface area contributed by atoms with Crippen LogP contribution in [0.15, 0.2) is 42.5 Å². The van der Waals surface area contributed by atoms with Crippen LogP contribution in [-0.4, -0.2) is 33.8 Å². The normalized spacial score (nSPS) is 14.1. The molecule has 1 amide bonds. The molecule has 1 aromatic heterocycles. The maximum absolute atomic E-state index is 13.3. The van der Waals surface area contributed by atoms with Crippen molar-refractivity contribution < 1.29 is 4.79 Å². The van der Waals surface area contributed by atoms with Gasteiger partial charge in [-0.05, 0) is 49.4 Å². The third-order valence-corrected chi connectivity index (χ3v) is 6.60. The van der Waals surface area contributed by atoms with Crippen LogP contribution in [0.4, 0.5) is 0 Å². The number of carbonyl (C=O) groups is 1. The number of rotatable bonds is 7. The van der Waals surface area contributed by atoms with Crippen molar-refractivity contribution in [3.8, 4) is 23.0 Å². The summed E-state index contributed by atoms with van der Waals surface area (Å²) >= 11 is 12.7. The Kier molecular flexibility index (Phi) is 7.89. The third-order valence-electron chi connectivity index (χ3n) is 6.06. The van der Waals surface area contributed by atoms with E-state index in [0.29, 0.717) is 40.7 Å². The fourth-order valence-corrected chi connectivity index (χ4v) is 4.81. The second kappa shape index (κ2) is 11.1. The molecule has 3 aromatic rings. The lowest BCUT2D eigenvalue weighted by atomic mass is 10.0. The number of nitrogens with zero attached hydrogens (tertiary/aromatic N) is 4. The van der Waals surface area contributed by atoms with Crippen LogP contribution in [0.1, 0.15) is 54.2 Å². The molecule has 0 unspecified atom stereocenters. The number of amides is 1. The molecule has 0 saturated carbocycles. The molecule has 4 rings (SSSR count). The van der Waals surface area contributed by atoms with E-state index in [1.54, 1.807) is 16.8 Å². The second-order valence-electron chi connectivity index (χ2n) is 8.38. The van der Waals surface area contributed by atoms with E-state index < -0.39 is 0 Å². The number of hydrogen-bond acceptors (Lipinski definition) is 4. The summed E-state index contributed by atoms with van der Waals surface area (Å²) in [6.07, 6.45) is 5.12. The molecule has 1 aliphatic rings. The predicted octanol–water partition coefficient (Wildman–Crippen LogP) is 6.00. The number of hydrazine groups is 1. The number of carbonyl (C=O) groups excluding carboxylic acids is 1. The number of aromatic nitrogens is 2. The first-order chi connectivity index (χ1) is 16.5. The summed E-state index contributed by atoms with van der Waals surface area (Å²) in [6.45, 7) is 3.70. The number of nitrogens with one attached hydrogen (secondary N) is 1. The molecule has 1 fully saturated rings. The van der Waals surface area contributed by atoms with Gasteiger partial charge in [0.1, 0.15) is 0 Å². The van der Waals surface area contributed by atoms with Crippen molar-refractivity contribution in [2.75, 3.05) is 13.1 Å². The molecule has 0 spiro atoms. The zero-order valence-corrected chi connectivity index (χ0v) is 20.7. The Bertz CT molecular complexity index is 1210. The Morgan fingerprint density at radius 3 is 2.50 bits per heavy atom. The standard InChI is InChI=1S/C26H27Cl2N5O/c1-2-21-24(26(34)31-32-15-4-3-5-16-32)30-33(23-13-12-20(27)17-22(23)28)25(21)19-10-8-18(9-11-19)7-6-14-29/h8-13,17H,2-7,15-16H2,1H3,(H,31,34). The van der Waals surface area contributed by atoms with Gasteiger partial charge in [-0.15, -0.1) is 0 Å². The van der Waals surface area contributed by atoms with E-state index in [1.165, 1.54) is 6.42 Å². The van der Waals surface area contributed by atoms with Crippen LogP contribution in [0, 0.1) is 11.3 Å². The van der Waals surface area contributed by atoms with Crippen LogP contribution < -0.4 is 5.43 Å². The van der Waals surface area contributed by atoms with Gasteiger partial charge in [-0.1, -0.05) is 60.8 Å². The van der Waals surface area contributed by atoms with Gasteiger partial charge >= 0.3 is 0 Å². The molecule has 8 heteroatoms. The van der Waals surface area contributed by atoms with Crippen molar-refractivity contribution in [3.05, 3.63) is 69.3 Å². The SMILES string of the molecule is CCc1c(C(=O)NN2CCCCC2)nn(-c2ccc(Cl)cc2Cl)c1-c1ccc(CCC#N)cc1. The predicted molar refractivity (Wildman–Crippen MR) is 135 cm³/mol. The van der Waals surface area contributed by atoms with Crippen molar-refractivity contribution >= 4 is 29.1 Å². The van der Waals surface area contributed by atoms with Gasteiger partial charge in [0.25, 0.3) is 5.91 Å². The van der Waals surface area contributed by atoms with E-state index in [-0.39, 0.29) is 5.91 Å². The summed E-state index contributed by atoms with van der Waals surface area (Å²) < 4.78 is 1.74. The lowest BCUT2D eigenvalue weighted by molar-refractivity contribution is 0.0743. The molecular weight excluding hydrogens is 469 g/mol. The number of aryl methyl sites for hydroxylation is 1. The molecule has 2 heterocycles. The minimum atomic E-state index is -0.213. The fourth-order valence-electron chi connectivity index (χ4n) is 4.32. The second-order valence-corrected chi connectivity index (χ2v) is 9.22. The largest absolute Gasteiger partial charge is 0.286 e. The van der Waals surface area contributed by atoms with Crippen LogP contribution in [0.3, 0.4) is 0 Å². The molecule has 1 saturated heterocycles. The van der Waals surface area contributed by atoms with E-state index in [0.717, 1.165) is 48.3 Å². The molecular formula is C26H27Cl2N5O. The number of nitriles is 1. The highest BCUT2D eigenvalue weighted by Gasteiger charge is 2.26. The van der Waals surface area contributed by atoms with Crippen molar-refractivity contribution in [1.82, 2.24) is 20.2 Å². The number of benzene rings is 2. The van der Waals surface area contributed by atoms with E-state index in [2.05, 4.69) is 11.5 Å². The highest BCUT2D eigenvalue weighted by atomic mass is 35.5. The number of halogens is 2. The Hall–Kier alpha value is -2.85. The Morgan fingerprint density at radius 1 is 1.12 bits per heavy atom. The van der Waals surface area contributed by atoms with Crippen molar-refractivity contribution in [3.63, 3.8) is 0 Å². The minimum Gasteiger partial charge on any atom is -0.283 e. The van der Waals surface area contributed by atoms with E-state index in [9.17, 15) is 4.79 Å². The van der Waals surface area contributed by atoms with Crippen LogP contribution in [0.5, 0.6) is 0 Å². The average molecular weight is 496 g/mol. The van der Waals surface area contributed by atoms with Crippen LogP contribution in [0.25, 0.3) is 16.9 Å². The highest BCUT2D eigenvalue weighted by molar-refractivity contribution is 6.35. The molecule has 0 aliphatic carbocycles. The first-order valence-electron chi connectivity index (χ1n) is 11.6. The van der Waals surface area contributed by atoms with Gasteiger partial charge in [0.2, 0.25) is 0 Å². The summed E-state index contributed by atoms with van der Waals surface area (Å²) in [5.74, 6) is -0.213. The molecule has 6 nitrogen and oxygen atoms in total. The average Bonchev–Trinajstić information content (AvgIpc) is 3.23. The third kappa shape index (κ3) is 5.28. The summed E-state index contributed by atoms with van der Waals surface area (Å²) in [6, 6.07) is 15.5. The lowest BCUT2D eigenvalue weighted by Crippen LogP contribution is -2.45. The summed E-state index contributed by atoms with van der Waals surface area (Å²) in [5, 5.41) is 16.6. The van der Waals surface area contributed by atoms with Crippen LogP contribution in [0.2, 0.25) is 10.0 Å². The Labute approximate surface area is 210 Å². The van der Waals surface area contributed by atoms with Crippen LogP contribution >= 0.6 is 23.2 Å². The molecule has 2 aromatic carbocycles. The van der Waals surface area contributed by atoms with Gasteiger partial charge in [-0.2, -0.15) is 10.4 Å². The smallest absolute Gasteiger partial charge is 0.283 e. The summed E-state index contributed by atoms with van der Waals surface area (Å²) in [4.78, 5) is 13.3. The molecule has 0 bridgehead atoms. The molecule has 34 heavy (non-hydrogen) atoms. The van der Waals surface area contributed by atoms with Gasteiger partial charge in [0.05, 0.1) is 22.5 Å². The highest BCUT2D eigenvalue weighted by Crippen LogP contribution is 2.33. The topological polar surface area (TPSA) is 74.0 Å². The molecule has 1 N–H and O–H groups in total. The van der Waals surface area contributed by atoms with Crippen molar-refractivity contribution in [2.24, 2.45) is 0 Å². The summed E-state index contributed by atoms with van der Waals surface area (Å²) in [7, 11) is 0. The maximum atomic E-state index is 13.3. The van der Waals surface area contributed by atoms with Crippen molar-refractivity contribution in [1.29, 1.82) is 5.26 Å². The molecule has 0 atom stereocenters. The quantitative estimate of drug-likeness (QED) is 0.436. The lowest BCUT2D eigenvalue weighted by Gasteiger charge is -2.26. The van der Waals surface area contributed by atoms with Gasteiger partial charge in [0, 0.05) is 35.7 Å². The summed E-state index contributed by atoms with van der Waals surface area (Å²) in [5.41, 5.74) is 7.77. The van der Waals surface area contributed by atoms with Gasteiger partial charge < -0.3 is 0 Å². The zero-order valence-electron chi connectivity index (χ0n) is 19.2. The van der Waals surface area contributed by atoms with E-state index in [4.69, 9.17) is 33.6 Å². The first-order valence-corrected chi connectivity index (χ1v) is 12.4. The van der Waals surface area contributed by atoms with Gasteiger partial charge in [0.15, 0.2) is 5.69 Å². The van der Waals surface area contributed by atoms with E-state index in [1.807, 2.05) is 42.3 Å². The maximum Gasteiger partial charge on any atom is 0.286 e. The van der Waals surface area contributed by atoms with E-state index >= 15 is 0 Å². The Balaban J connectivity index is 1.80. The van der Waals surface area contributed by atoms with Gasteiger partial charge in [-0.3, -0.25) is 10.2 Å². The first kappa shape index (κ1) is 24.3. The number of piperidine rings is 1. The van der Waals surface area contributed by atoms with Crippen molar-refractivity contribution in [2.45, 2.75) is 45.4 Å². The zero-order chi connectivity index (χ0) is 24.1. The monoisotopic (exact) mass is 495 g/mol. The Morgan fingerprint density at radius 2 is 1.85 bits per heavy atom. The molecule has 0 radical (unpaired) electrons. The number of hydrogen-bond donors (Lipinski definition) is 1. The molecule has 1 aliphatic heterocycles. The van der Waals surface area contributed by atoms with Crippen LogP contribution in [-0.2, 0) is 12.8 Å². The van der Waals surface area contributed by atoms with Gasteiger partial charge in [-0.25, -0.2) is 9.69 Å².